The number of esters is 1. The number of allylic oxidation sites excluding steroid dienone is 7. The van der Waals surface area contributed by atoms with E-state index in [1.54, 1.807) is 26.0 Å². The van der Waals surface area contributed by atoms with Gasteiger partial charge in [-0.2, -0.15) is 0 Å². The van der Waals surface area contributed by atoms with Crippen LogP contribution < -0.4 is 9.47 Å². The number of carbonyl (C=O) groups excluding carboxylic acids is 2. The molecule has 1 unspecified atom stereocenters. The average molecular weight is 469 g/mol. The van der Waals surface area contributed by atoms with E-state index >= 15 is 0 Å². The fraction of sp³-hybridized carbons (Fsp3) is 0.370. The number of aldehydes is 1. The fourth-order valence-corrected chi connectivity index (χ4v) is 3.48. The molecule has 0 radical (unpaired) electrons. The van der Waals surface area contributed by atoms with Crippen LogP contribution in [0, 0.1) is 6.92 Å². The molecule has 1 aliphatic carbocycles. The summed E-state index contributed by atoms with van der Waals surface area (Å²) in [6.07, 6.45) is 13.3. The predicted molar refractivity (Wildman–Crippen MR) is 129 cm³/mol. The first-order valence-corrected chi connectivity index (χ1v) is 11.5. The lowest BCUT2D eigenvalue weighted by Gasteiger charge is -2.21. The van der Waals surface area contributed by atoms with Gasteiger partial charge in [0.2, 0.25) is 5.76 Å². The smallest absolute Gasteiger partial charge is 0.374 e. The molecule has 0 spiro atoms. The van der Waals surface area contributed by atoms with Crippen LogP contribution in [0.1, 0.15) is 50.7 Å². The van der Waals surface area contributed by atoms with Crippen molar-refractivity contribution in [3.05, 3.63) is 71.0 Å². The molecule has 34 heavy (non-hydrogen) atoms. The summed E-state index contributed by atoms with van der Waals surface area (Å²) in [4.78, 5) is 35.3. The molecule has 0 bridgehead atoms. The number of carboxylic acid groups (broad SMARTS) is 1. The van der Waals surface area contributed by atoms with Crippen molar-refractivity contribution in [1.82, 2.24) is 0 Å². The predicted octanol–water partition coefficient (Wildman–Crippen LogP) is 5.03. The zero-order chi connectivity index (χ0) is 24.9. The summed E-state index contributed by atoms with van der Waals surface area (Å²) in [6, 6.07) is 3.44. The number of aliphatic carboxylic acids is 1. The molecule has 0 heterocycles. The number of benzene rings is 1. The van der Waals surface area contributed by atoms with Crippen LogP contribution >= 0.6 is 0 Å². The van der Waals surface area contributed by atoms with Gasteiger partial charge in [-0.1, -0.05) is 55.4 Å². The zero-order valence-corrected chi connectivity index (χ0v) is 19.9. The summed E-state index contributed by atoms with van der Waals surface area (Å²) < 4.78 is 16.8. The Morgan fingerprint density at radius 1 is 1.18 bits per heavy atom. The van der Waals surface area contributed by atoms with Crippen LogP contribution in [-0.4, -0.2) is 36.0 Å². The van der Waals surface area contributed by atoms with E-state index in [0.29, 0.717) is 48.2 Å². The lowest BCUT2D eigenvalue weighted by molar-refractivity contribution is -0.145. The second kappa shape index (κ2) is 13.8. The quantitative estimate of drug-likeness (QED) is 0.188. The molecule has 1 aromatic carbocycles. The van der Waals surface area contributed by atoms with E-state index in [1.165, 1.54) is 0 Å². The monoisotopic (exact) mass is 468 g/mol. The van der Waals surface area contributed by atoms with Crippen LogP contribution in [0.25, 0.3) is 0 Å². The number of aryl methyl sites for hydroxylation is 1. The van der Waals surface area contributed by atoms with Crippen molar-refractivity contribution < 1.29 is 33.7 Å². The van der Waals surface area contributed by atoms with Crippen molar-refractivity contribution in [2.24, 2.45) is 0 Å². The number of hydrogen-bond acceptors (Lipinski definition) is 6. The van der Waals surface area contributed by atoms with Crippen molar-refractivity contribution in [1.29, 1.82) is 0 Å². The largest absolute Gasteiger partial charge is 0.479 e. The summed E-state index contributed by atoms with van der Waals surface area (Å²) in [6.45, 7) is 5.55. The van der Waals surface area contributed by atoms with Gasteiger partial charge >= 0.3 is 11.9 Å². The van der Waals surface area contributed by atoms with Crippen molar-refractivity contribution >= 4 is 18.2 Å². The lowest BCUT2D eigenvalue weighted by atomic mass is 10.0. The molecule has 182 valence electrons. The Morgan fingerprint density at radius 3 is 2.65 bits per heavy atom. The molecular weight excluding hydrogens is 436 g/mol. The van der Waals surface area contributed by atoms with Crippen molar-refractivity contribution in [3.63, 3.8) is 0 Å². The van der Waals surface area contributed by atoms with Crippen molar-refractivity contribution in [2.75, 3.05) is 6.61 Å². The minimum Gasteiger partial charge on any atom is -0.479 e. The van der Waals surface area contributed by atoms with Crippen LogP contribution in [-0.2, 0) is 25.5 Å². The molecule has 1 N–H and O–H groups in total. The molecule has 0 saturated heterocycles. The van der Waals surface area contributed by atoms with Crippen LogP contribution in [0.15, 0.2) is 59.9 Å². The number of rotatable bonds is 13. The Labute approximate surface area is 200 Å². The number of carboxylic acids is 1. The number of carbonyl (C=O) groups is 3. The molecular formula is C27H32O7. The first kappa shape index (κ1) is 26.6. The highest BCUT2D eigenvalue weighted by molar-refractivity contribution is 5.91. The van der Waals surface area contributed by atoms with Crippen LogP contribution in [0.2, 0.25) is 0 Å². The van der Waals surface area contributed by atoms with Gasteiger partial charge in [0.25, 0.3) is 0 Å². The van der Waals surface area contributed by atoms with E-state index in [4.69, 9.17) is 14.2 Å². The Balaban J connectivity index is 2.33. The van der Waals surface area contributed by atoms with E-state index in [-0.39, 0.29) is 12.4 Å². The van der Waals surface area contributed by atoms with Crippen LogP contribution in [0.4, 0.5) is 0 Å². The van der Waals surface area contributed by atoms with Gasteiger partial charge in [0.05, 0.1) is 6.61 Å². The third-order valence-electron chi connectivity index (χ3n) is 5.14. The summed E-state index contributed by atoms with van der Waals surface area (Å²) in [5, 5.41) is 9.80. The molecule has 7 nitrogen and oxygen atoms in total. The summed E-state index contributed by atoms with van der Waals surface area (Å²) >= 11 is 0. The number of hydrogen-bond donors (Lipinski definition) is 1. The van der Waals surface area contributed by atoms with E-state index in [2.05, 4.69) is 6.08 Å². The van der Waals surface area contributed by atoms with Crippen LogP contribution in [0.3, 0.4) is 0 Å². The third-order valence-corrected chi connectivity index (χ3v) is 5.14. The Hall–Kier alpha value is -3.61. The van der Waals surface area contributed by atoms with Crippen LogP contribution in [0.5, 0.6) is 11.5 Å². The summed E-state index contributed by atoms with van der Waals surface area (Å²) in [5.74, 6) is -1.34. The van der Waals surface area contributed by atoms with Gasteiger partial charge in [-0.3, -0.25) is 4.79 Å². The second-order valence-electron chi connectivity index (χ2n) is 7.71. The van der Waals surface area contributed by atoms with Gasteiger partial charge in [0.1, 0.15) is 17.8 Å². The minimum atomic E-state index is -1.06. The first-order valence-electron chi connectivity index (χ1n) is 11.5. The Bertz CT molecular complexity index is 998. The maximum absolute atomic E-state index is 12.2. The highest BCUT2D eigenvalue weighted by atomic mass is 16.6. The van der Waals surface area contributed by atoms with Gasteiger partial charge in [0.15, 0.2) is 6.10 Å². The molecule has 1 aliphatic rings. The molecule has 0 aromatic heterocycles. The van der Waals surface area contributed by atoms with E-state index < -0.39 is 18.0 Å². The molecule has 0 saturated carbocycles. The summed E-state index contributed by atoms with van der Waals surface area (Å²) in [7, 11) is 0. The SMILES string of the molecule is CCCc1c(OC(CCC2=CCC=CC=C2)C(=O)O)ccc(C)c1O/C(=C\C=O)C(=O)OCC. The summed E-state index contributed by atoms with van der Waals surface area (Å²) in [5.41, 5.74) is 2.40. The Morgan fingerprint density at radius 2 is 1.97 bits per heavy atom. The normalized spacial score (nSPS) is 14.1. The molecule has 1 atom stereocenters. The molecule has 0 fully saturated rings. The van der Waals surface area contributed by atoms with Gasteiger partial charge in [-0.05, 0) is 51.2 Å². The van der Waals surface area contributed by atoms with E-state index in [1.807, 2.05) is 31.2 Å². The van der Waals surface area contributed by atoms with Crippen molar-refractivity contribution in [2.45, 2.75) is 59.0 Å². The third kappa shape index (κ3) is 7.76. The second-order valence-corrected chi connectivity index (χ2v) is 7.71. The topological polar surface area (TPSA) is 99.1 Å². The molecule has 0 aliphatic heterocycles. The highest BCUT2D eigenvalue weighted by Crippen LogP contribution is 2.35. The fourth-order valence-electron chi connectivity index (χ4n) is 3.48. The average Bonchev–Trinajstić information content (AvgIpc) is 3.08. The van der Waals surface area contributed by atoms with E-state index in [0.717, 1.165) is 24.5 Å². The Kier molecular flexibility index (Phi) is 10.8. The molecule has 2 rings (SSSR count). The lowest BCUT2D eigenvalue weighted by Crippen LogP contribution is -2.27. The van der Waals surface area contributed by atoms with Gasteiger partial charge < -0.3 is 19.3 Å². The minimum absolute atomic E-state index is 0.129. The van der Waals surface area contributed by atoms with Gasteiger partial charge in [-0.15, -0.1) is 0 Å². The van der Waals surface area contributed by atoms with Gasteiger partial charge in [0, 0.05) is 11.6 Å². The number of ether oxygens (including phenoxy) is 3. The molecule has 7 heteroatoms. The molecule has 1 aromatic rings. The first-order chi connectivity index (χ1) is 16.4. The highest BCUT2D eigenvalue weighted by Gasteiger charge is 2.24. The maximum atomic E-state index is 12.2. The zero-order valence-electron chi connectivity index (χ0n) is 19.9. The van der Waals surface area contributed by atoms with E-state index in [9.17, 15) is 19.5 Å². The van der Waals surface area contributed by atoms with Gasteiger partial charge in [-0.25, -0.2) is 9.59 Å². The maximum Gasteiger partial charge on any atom is 0.374 e. The molecule has 0 amide bonds. The standard InChI is InChI=1S/C27H32O7/c1-4-10-21-22(33-23(26(29)30)16-14-20-11-8-6-7-9-12-20)15-13-19(3)25(21)34-24(17-18-28)27(31)32-5-2/h6-8,11-13,15,17-18,23H,4-5,9-10,14,16H2,1-3H3,(H,29,30)/b24-17-. The van der Waals surface area contributed by atoms with Crippen molar-refractivity contribution in [3.8, 4) is 11.5 Å².